The quantitative estimate of drug-likeness (QED) is 0.322. The van der Waals surface area contributed by atoms with Crippen LogP contribution < -0.4 is 9.64 Å². The van der Waals surface area contributed by atoms with Gasteiger partial charge in [-0.15, -0.1) is 0 Å². The highest BCUT2D eigenvalue weighted by Crippen LogP contribution is 2.37. The van der Waals surface area contributed by atoms with Crippen LogP contribution in [0, 0.1) is 0 Å². The minimum Gasteiger partial charge on any atom is -0.494 e. The van der Waals surface area contributed by atoms with Crippen LogP contribution in [0.15, 0.2) is 24.4 Å². The predicted molar refractivity (Wildman–Crippen MR) is 114 cm³/mol. The average molecular weight is 438 g/mol. The molecule has 0 N–H and O–H groups in total. The number of ether oxygens (including phenoxy) is 2. The third-order valence-electron chi connectivity index (χ3n) is 5.00. The van der Waals surface area contributed by atoms with Gasteiger partial charge >= 0.3 is 5.97 Å². The summed E-state index contributed by atoms with van der Waals surface area (Å²) in [6.45, 7) is 3.56. The van der Waals surface area contributed by atoms with Gasteiger partial charge in [0.2, 0.25) is 5.28 Å². The molecule has 2 aromatic rings. The molecule has 1 aromatic carbocycles. The first-order valence-corrected chi connectivity index (χ1v) is 10.5. The number of fused-ring (bicyclic) bond motifs is 1. The number of benzene rings is 1. The Morgan fingerprint density at radius 3 is 2.97 bits per heavy atom. The lowest BCUT2D eigenvalue weighted by Gasteiger charge is -2.19. The molecular formula is C21H25Cl2N3O3. The lowest BCUT2D eigenvalue weighted by atomic mass is 9.98. The summed E-state index contributed by atoms with van der Waals surface area (Å²) < 4.78 is 11.0. The largest absolute Gasteiger partial charge is 0.494 e. The Morgan fingerprint density at radius 1 is 1.34 bits per heavy atom. The van der Waals surface area contributed by atoms with Crippen molar-refractivity contribution in [2.24, 2.45) is 0 Å². The van der Waals surface area contributed by atoms with Crippen molar-refractivity contribution in [3.05, 3.63) is 45.8 Å². The zero-order chi connectivity index (χ0) is 20.8. The fraction of sp³-hybridized carbons (Fsp3) is 0.476. The fourth-order valence-corrected chi connectivity index (χ4v) is 3.97. The summed E-state index contributed by atoms with van der Waals surface area (Å²) in [5, 5.41) is 0.640. The maximum Gasteiger partial charge on any atom is 0.306 e. The number of hydrogen-bond donors (Lipinski definition) is 0. The first kappa shape index (κ1) is 21.7. The summed E-state index contributed by atoms with van der Waals surface area (Å²) >= 11 is 12.0. The maximum absolute atomic E-state index is 11.8. The van der Waals surface area contributed by atoms with Gasteiger partial charge in [-0.1, -0.05) is 17.7 Å². The molecule has 8 heteroatoms. The third kappa shape index (κ3) is 5.73. The molecule has 0 amide bonds. The molecule has 6 nitrogen and oxygen atoms in total. The molecule has 0 aliphatic heterocycles. The lowest BCUT2D eigenvalue weighted by molar-refractivity contribution is -0.143. The smallest absolute Gasteiger partial charge is 0.306 e. The number of carbonyl (C=O) groups is 1. The van der Waals surface area contributed by atoms with E-state index in [-0.39, 0.29) is 17.2 Å². The molecule has 3 rings (SSSR count). The van der Waals surface area contributed by atoms with Crippen molar-refractivity contribution < 1.29 is 14.3 Å². The number of nitrogens with zero attached hydrogens (tertiary/aromatic N) is 3. The molecule has 0 unspecified atom stereocenters. The number of aryl methyl sites for hydroxylation is 1. The van der Waals surface area contributed by atoms with Crippen LogP contribution >= 0.6 is 23.2 Å². The monoisotopic (exact) mass is 437 g/mol. The van der Waals surface area contributed by atoms with E-state index in [1.54, 1.807) is 0 Å². The molecule has 1 aliphatic rings. The zero-order valence-electron chi connectivity index (χ0n) is 16.7. The van der Waals surface area contributed by atoms with Gasteiger partial charge in [0.1, 0.15) is 10.8 Å². The van der Waals surface area contributed by atoms with Crippen molar-refractivity contribution in [1.29, 1.82) is 0 Å². The first-order chi connectivity index (χ1) is 14.0. The van der Waals surface area contributed by atoms with E-state index in [9.17, 15) is 4.79 Å². The SMILES string of the molecule is CCOC(=O)C[C@@H]1CCc2cc(OCCCN(C)c3nc(Cl)ncc3Cl)ccc21. The highest BCUT2D eigenvalue weighted by atomic mass is 35.5. The van der Waals surface area contributed by atoms with Crippen LogP contribution in [0.4, 0.5) is 5.82 Å². The molecule has 0 saturated carbocycles. The second-order valence-corrected chi connectivity index (χ2v) is 7.78. The number of carbonyl (C=O) groups excluding carboxylic acids is 1. The van der Waals surface area contributed by atoms with Crippen molar-refractivity contribution in [2.75, 3.05) is 31.7 Å². The Kier molecular flexibility index (Phi) is 7.56. The maximum atomic E-state index is 11.8. The van der Waals surface area contributed by atoms with Gasteiger partial charge in [-0.3, -0.25) is 4.79 Å². The summed E-state index contributed by atoms with van der Waals surface area (Å²) in [5.41, 5.74) is 2.50. The van der Waals surface area contributed by atoms with Crippen LogP contribution in [-0.4, -0.2) is 42.7 Å². The van der Waals surface area contributed by atoms with Gasteiger partial charge in [-0.25, -0.2) is 4.98 Å². The second kappa shape index (κ2) is 10.1. The van der Waals surface area contributed by atoms with Gasteiger partial charge in [0, 0.05) is 13.6 Å². The number of anilines is 1. The molecule has 1 aliphatic carbocycles. The lowest BCUT2D eigenvalue weighted by Crippen LogP contribution is -2.22. The summed E-state index contributed by atoms with van der Waals surface area (Å²) in [5.74, 6) is 1.58. The van der Waals surface area contributed by atoms with Crippen molar-refractivity contribution in [3.63, 3.8) is 0 Å². The fourth-order valence-electron chi connectivity index (χ4n) is 3.61. The normalized spacial score (nSPS) is 15.1. The van der Waals surface area contributed by atoms with Crippen LogP contribution in [-0.2, 0) is 16.0 Å². The second-order valence-electron chi connectivity index (χ2n) is 7.04. The Bertz CT molecular complexity index is 863. The number of aromatic nitrogens is 2. The molecule has 0 saturated heterocycles. The molecule has 0 radical (unpaired) electrons. The van der Waals surface area contributed by atoms with E-state index in [2.05, 4.69) is 22.1 Å². The van der Waals surface area contributed by atoms with Crippen LogP contribution in [0.25, 0.3) is 0 Å². The number of hydrogen-bond acceptors (Lipinski definition) is 6. The average Bonchev–Trinajstić information content (AvgIpc) is 3.09. The number of rotatable bonds is 9. The summed E-state index contributed by atoms with van der Waals surface area (Å²) in [7, 11) is 1.91. The molecule has 1 atom stereocenters. The first-order valence-electron chi connectivity index (χ1n) is 9.78. The Hall–Kier alpha value is -2.05. The van der Waals surface area contributed by atoms with Crippen molar-refractivity contribution >= 4 is 35.0 Å². The minimum atomic E-state index is -0.125. The van der Waals surface area contributed by atoms with Crippen molar-refractivity contribution in [2.45, 2.75) is 38.5 Å². The summed E-state index contributed by atoms with van der Waals surface area (Å²) in [6.07, 6.45) is 4.69. The molecule has 156 valence electrons. The Balaban J connectivity index is 1.48. The summed E-state index contributed by atoms with van der Waals surface area (Å²) in [6, 6.07) is 6.15. The van der Waals surface area contributed by atoms with Gasteiger partial charge in [0.05, 0.1) is 25.8 Å². The van der Waals surface area contributed by atoms with Crippen LogP contribution in [0.5, 0.6) is 5.75 Å². The van der Waals surface area contributed by atoms with E-state index in [1.165, 1.54) is 17.3 Å². The van der Waals surface area contributed by atoms with E-state index < -0.39 is 0 Å². The highest BCUT2D eigenvalue weighted by molar-refractivity contribution is 6.33. The number of esters is 1. The van der Waals surface area contributed by atoms with Crippen LogP contribution in [0.2, 0.25) is 10.3 Å². The number of halogens is 2. The van der Waals surface area contributed by atoms with E-state index >= 15 is 0 Å². The standard InChI is InChI=1S/C21H25Cl2N3O3/c1-3-28-19(27)12-15-6-5-14-11-16(7-8-17(14)15)29-10-4-9-26(2)20-18(22)13-24-21(23)25-20/h7-8,11,13,15H,3-6,9-10,12H2,1-2H3/t15-/m0/s1. The van der Waals surface area contributed by atoms with Crippen molar-refractivity contribution in [1.82, 2.24) is 9.97 Å². The summed E-state index contributed by atoms with van der Waals surface area (Å²) in [4.78, 5) is 21.7. The van der Waals surface area contributed by atoms with Gasteiger partial charge in [0.25, 0.3) is 0 Å². The van der Waals surface area contributed by atoms with Gasteiger partial charge in [-0.05, 0) is 67.0 Å². The highest BCUT2D eigenvalue weighted by Gasteiger charge is 2.25. The molecule has 0 spiro atoms. The minimum absolute atomic E-state index is 0.125. The van der Waals surface area contributed by atoms with Crippen LogP contribution in [0.1, 0.15) is 43.2 Å². The molecule has 1 aromatic heterocycles. The van der Waals surface area contributed by atoms with Crippen LogP contribution in [0.3, 0.4) is 0 Å². The molecular weight excluding hydrogens is 413 g/mol. The Labute approximate surface area is 181 Å². The molecule has 0 bridgehead atoms. The molecule has 1 heterocycles. The van der Waals surface area contributed by atoms with Gasteiger partial charge in [-0.2, -0.15) is 4.98 Å². The topological polar surface area (TPSA) is 64.6 Å². The van der Waals surface area contributed by atoms with Crippen molar-refractivity contribution in [3.8, 4) is 5.75 Å². The predicted octanol–water partition coefficient (Wildman–Crippen LogP) is 4.67. The van der Waals surface area contributed by atoms with E-state index in [4.69, 9.17) is 32.7 Å². The third-order valence-corrected chi connectivity index (χ3v) is 5.45. The van der Waals surface area contributed by atoms with E-state index in [1.807, 2.05) is 24.9 Å². The van der Waals surface area contributed by atoms with Gasteiger partial charge in [0.15, 0.2) is 5.82 Å². The van der Waals surface area contributed by atoms with Gasteiger partial charge < -0.3 is 14.4 Å². The molecule has 29 heavy (non-hydrogen) atoms. The molecule has 0 fully saturated rings. The van der Waals surface area contributed by atoms with E-state index in [0.29, 0.717) is 30.5 Å². The zero-order valence-corrected chi connectivity index (χ0v) is 18.2. The van der Waals surface area contributed by atoms with E-state index in [0.717, 1.165) is 31.6 Å². The Morgan fingerprint density at radius 2 is 2.17 bits per heavy atom.